The first-order chi connectivity index (χ1) is 5.33. The Morgan fingerprint density at radius 3 is 3.00 bits per heavy atom. The van der Waals surface area contributed by atoms with Gasteiger partial charge in [0.15, 0.2) is 0 Å². The van der Waals surface area contributed by atoms with Gasteiger partial charge in [-0.15, -0.1) is 11.3 Å². The van der Waals surface area contributed by atoms with Crippen molar-refractivity contribution in [3.8, 4) is 0 Å². The van der Waals surface area contributed by atoms with Crippen LogP contribution in [0, 0.1) is 0 Å². The maximum absolute atomic E-state index is 4.10. The smallest absolute Gasteiger partial charge is 0.0300 e. The first-order valence-electron chi connectivity index (χ1n) is 3.37. The topological polar surface area (TPSA) is 12.0 Å². The Morgan fingerprint density at radius 2 is 2.45 bits per heavy atom. The van der Waals surface area contributed by atoms with E-state index in [4.69, 9.17) is 0 Å². The number of halogens is 1. The summed E-state index contributed by atoms with van der Waals surface area (Å²) >= 11 is 9.28. The van der Waals surface area contributed by atoms with Crippen molar-refractivity contribution in [1.82, 2.24) is 5.32 Å². The van der Waals surface area contributed by atoms with Gasteiger partial charge in [-0.3, -0.25) is 0 Å². The van der Waals surface area contributed by atoms with E-state index >= 15 is 0 Å². The third-order valence-electron chi connectivity index (χ3n) is 1.21. The molecule has 0 unspecified atom stereocenters. The van der Waals surface area contributed by atoms with Crippen molar-refractivity contribution in [3.63, 3.8) is 0 Å². The van der Waals surface area contributed by atoms with Crippen LogP contribution in [0.2, 0.25) is 0 Å². The number of nitrogens with one attached hydrogen (secondary N) is 1. The lowest BCUT2D eigenvalue weighted by atomic mass is 10.4. The van der Waals surface area contributed by atoms with Crippen LogP contribution in [0.15, 0.2) is 15.9 Å². The predicted molar refractivity (Wildman–Crippen MR) is 57.6 cm³/mol. The van der Waals surface area contributed by atoms with Crippen LogP contribution in [0.25, 0.3) is 0 Å². The zero-order valence-corrected chi connectivity index (χ0v) is 9.31. The minimum atomic E-state index is 0.895. The Labute approximate surface area is 84.7 Å². The highest BCUT2D eigenvalue weighted by molar-refractivity contribution is 9.10. The fraction of sp³-hybridized carbons (Fsp3) is 0.429. The van der Waals surface area contributed by atoms with Crippen LogP contribution in [-0.4, -0.2) is 12.3 Å². The molecular formula is C7H10BrNS2. The minimum absolute atomic E-state index is 0.895. The van der Waals surface area contributed by atoms with Crippen molar-refractivity contribution in [2.75, 3.05) is 12.3 Å². The molecule has 0 aliphatic carbocycles. The van der Waals surface area contributed by atoms with Gasteiger partial charge in [-0.05, 0) is 22.0 Å². The Bertz CT molecular complexity index is 212. The molecule has 1 aromatic rings. The molecule has 1 aromatic heterocycles. The van der Waals surface area contributed by atoms with Crippen LogP contribution >= 0.6 is 39.9 Å². The highest BCUT2D eigenvalue weighted by Crippen LogP contribution is 2.19. The number of thiophene rings is 1. The van der Waals surface area contributed by atoms with Crippen LogP contribution in [0.4, 0.5) is 0 Å². The quantitative estimate of drug-likeness (QED) is 0.620. The SMILES string of the molecule is SCCNCc1cc(Br)cs1. The molecule has 0 amide bonds. The summed E-state index contributed by atoms with van der Waals surface area (Å²) in [6.45, 7) is 1.93. The summed E-state index contributed by atoms with van der Waals surface area (Å²) in [6, 6.07) is 2.14. The third-order valence-corrected chi connectivity index (χ3v) is 3.13. The van der Waals surface area contributed by atoms with E-state index < -0.39 is 0 Å². The van der Waals surface area contributed by atoms with Gasteiger partial charge in [-0.1, -0.05) is 0 Å². The predicted octanol–water partition coefficient (Wildman–Crippen LogP) is 2.53. The first kappa shape index (κ1) is 9.58. The molecule has 0 saturated carbocycles. The largest absolute Gasteiger partial charge is 0.311 e. The van der Waals surface area contributed by atoms with E-state index in [0.29, 0.717) is 0 Å². The van der Waals surface area contributed by atoms with Crippen molar-refractivity contribution in [2.24, 2.45) is 0 Å². The molecule has 1 N–H and O–H groups in total. The molecule has 0 aliphatic rings. The molecule has 1 rings (SSSR count). The van der Waals surface area contributed by atoms with Gasteiger partial charge in [-0.2, -0.15) is 12.6 Å². The Hall–Kier alpha value is 0.490. The third kappa shape index (κ3) is 3.60. The van der Waals surface area contributed by atoms with Gasteiger partial charge in [0.2, 0.25) is 0 Å². The van der Waals surface area contributed by atoms with E-state index in [1.807, 2.05) is 0 Å². The monoisotopic (exact) mass is 251 g/mol. The fourth-order valence-electron chi connectivity index (χ4n) is 0.737. The van der Waals surface area contributed by atoms with Crippen molar-refractivity contribution >= 4 is 39.9 Å². The average Bonchev–Trinajstić information content (AvgIpc) is 2.37. The summed E-state index contributed by atoms with van der Waals surface area (Å²) in [6.07, 6.45) is 0. The molecule has 62 valence electrons. The van der Waals surface area contributed by atoms with Gasteiger partial charge in [0.05, 0.1) is 0 Å². The van der Waals surface area contributed by atoms with E-state index in [-0.39, 0.29) is 0 Å². The zero-order chi connectivity index (χ0) is 8.10. The Kier molecular flexibility index (Phi) is 4.52. The van der Waals surface area contributed by atoms with Crippen LogP contribution in [0.5, 0.6) is 0 Å². The van der Waals surface area contributed by atoms with Crippen molar-refractivity contribution in [2.45, 2.75) is 6.54 Å². The number of hydrogen-bond donors (Lipinski definition) is 2. The zero-order valence-electron chi connectivity index (χ0n) is 6.01. The van der Waals surface area contributed by atoms with Gasteiger partial charge < -0.3 is 5.32 Å². The normalized spacial score (nSPS) is 10.4. The second-order valence-corrected chi connectivity index (χ2v) is 4.49. The van der Waals surface area contributed by atoms with Crippen molar-refractivity contribution < 1.29 is 0 Å². The van der Waals surface area contributed by atoms with E-state index in [1.165, 1.54) is 9.35 Å². The molecular weight excluding hydrogens is 242 g/mol. The molecule has 0 spiro atoms. The maximum atomic E-state index is 4.10. The van der Waals surface area contributed by atoms with Gasteiger partial charge in [0.1, 0.15) is 0 Å². The first-order valence-corrected chi connectivity index (χ1v) is 5.68. The van der Waals surface area contributed by atoms with E-state index in [9.17, 15) is 0 Å². The molecule has 0 aromatic carbocycles. The van der Waals surface area contributed by atoms with Gasteiger partial charge in [-0.25, -0.2) is 0 Å². The average molecular weight is 252 g/mol. The molecule has 0 bridgehead atoms. The second kappa shape index (κ2) is 5.19. The van der Waals surface area contributed by atoms with Crippen LogP contribution in [0.3, 0.4) is 0 Å². The molecule has 1 heterocycles. The number of hydrogen-bond acceptors (Lipinski definition) is 3. The van der Waals surface area contributed by atoms with E-state index in [0.717, 1.165) is 18.8 Å². The van der Waals surface area contributed by atoms with Gasteiger partial charge >= 0.3 is 0 Å². The molecule has 0 fully saturated rings. The summed E-state index contributed by atoms with van der Waals surface area (Å²) in [7, 11) is 0. The lowest BCUT2D eigenvalue weighted by molar-refractivity contribution is 0.742. The molecule has 11 heavy (non-hydrogen) atoms. The number of rotatable bonds is 4. The standard InChI is InChI=1S/C7H10BrNS2/c8-6-3-7(11-5-6)4-9-1-2-10/h3,5,9-10H,1-2,4H2. The summed E-state index contributed by atoms with van der Waals surface area (Å²) < 4.78 is 1.17. The molecule has 0 saturated heterocycles. The molecule has 4 heteroatoms. The van der Waals surface area contributed by atoms with E-state index in [2.05, 4.69) is 45.3 Å². The van der Waals surface area contributed by atoms with Crippen molar-refractivity contribution in [1.29, 1.82) is 0 Å². The minimum Gasteiger partial charge on any atom is -0.311 e. The van der Waals surface area contributed by atoms with Crippen LogP contribution < -0.4 is 5.32 Å². The summed E-state index contributed by atoms with van der Waals surface area (Å²) in [5.41, 5.74) is 0. The molecule has 1 nitrogen and oxygen atoms in total. The Balaban J connectivity index is 2.27. The van der Waals surface area contributed by atoms with Gasteiger partial charge in [0, 0.05) is 33.6 Å². The molecule has 0 atom stereocenters. The fourth-order valence-corrected chi connectivity index (χ4v) is 2.32. The Morgan fingerprint density at radius 1 is 1.64 bits per heavy atom. The second-order valence-electron chi connectivity index (χ2n) is 2.13. The summed E-state index contributed by atoms with van der Waals surface area (Å²) in [4.78, 5) is 1.36. The number of thiol groups is 1. The summed E-state index contributed by atoms with van der Waals surface area (Å²) in [5.74, 6) is 0.895. The van der Waals surface area contributed by atoms with Crippen molar-refractivity contribution in [3.05, 3.63) is 20.8 Å². The van der Waals surface area contributed by atoms with Crippen LogP contribution in [0.1, 0.15) is 4.88 Å². The highest BCUT2D eigenvalue weighted by atomic mass is 79.9. The van der Waals surface area contributed by atoms with Gasteiger partial charge in [0.25, 0.3) is 0 Å². The molecule has 0 radical (unpaired) electrons. The van der Waals surface area contributed by atoms with E-state index in [1.54, 1.807) is 11.3 Å². The lowest BCUT2D eigenvalue weighted by Crippen LogP contribution is -2.14. The molecule has 0 aliphatic heterocycles. The van der Waals surface area contributed by atoms with Crippen LogP contribution in [-0.2, 0) is 6.54 Å². The maximum Gasteiger partial charge on any atom is 0.0300 e. The summed E-state index contributed by atoms with van der Waals surface area (Å²) in [5, 5.41) is 5.37. The highest BCUT2D eigenvalue weighted by Gasteiger charge is 1.95. The lowest BCUT2D eigenvalue weighted by Gasteiger charge is -1.97.